The van der Waals surface area contributed by atoms with Gasteiger partial charge < -0.3 is 54.2 Å². The average molecular weight is 1310 g/mol. The second-order valence-electron chi connectivity index (χ2n) is 21.4. The zero-order valence-electron chi connectivity index (χ0n) is 52.7. The molecule has 0 saturated carbocycles. The third-order valence-corrected chi connectivity index (χ3v) is 14.1. The van der Waals surface area contributed by atoms with Crippen LogP contribution in [0.25, 0.3) is 33.5 Å². The minimum absolute atomic E-state index is 0. The van der Waals surface area contributed by atoms with E-state index in [1.165, 1.54) is 28.1 Å². The van der Waals surface area contributed by atoms with Crippen molar-refractivity contribution in [1.29, 1.82) is 0 Å². The summed E-state index contributed by atoms with van der Waals surface area (Å²) in [6.07, 6.45) is 12.9. The minimum Gasteiger partial charge on any atom is -0.857 e. The van der Waals surface area contributed by atoms with Crippen molar-refractivity contribution < 1.29 is 110 Å². The number of nitrogens with two attached hydrogens (primary N) is 1. The van der Waals surface area contributed by atoms with Crippen molar-refractivity contribution in [2.75, 3.05) is 29.7 Å². The Bertz CT molecular complexity index is 3630. The van der Waals surface area contributed by atoms with Gasteiger partial charge >= 0.3 is 71.5 Å². The normalized spacial score (nSPS) is 23.0. The second-order valence-corrected chi connectivity index (χ2v) is 21.7. The summed E-state index contributed by atoms with van der Waals surface area (Å²) >= 11 is 4.81. The molecule has 29 nitrogen and oxygen atoms in total. The van der Waals surface area contributed by atoms with Gasteiger partial charge in [0, 0.05) is 29.9 Å². The van der Waals surface area contributed by atoms with Crippen LogP contribution in [0.3, 0.4) is 0 Å². The van der Waals surface area contributed by atoms with Crippen molar-refractivity contribution in [1.82, 2.24) is 58.6 Å². The zero-order chi connectivity index (χ0) is 67.3. The predicted octanol–water partition coefficient (Wildman–Crippen LogP) is 4.40. The molecule has 0 bridgehead atoms. The number of imidazole rings is 3. The number of imide groups is 1. The summed E-state index contributed by atoms with van der Waals surface area (Å²) in [6, 6.07) is 0. The summed E-state index contributed by atoms with van der Waals surface area (Å²) in [4.78, 5) is 82.1. The first-order chi connectivity index (χ1) is 42.4. The van der Waals surface area contributed by atoms with E-state index < -0.39 is 102 Å². The number of hydrogen-bond donors (Lipinski definition) is 4. The summed E-state index contributed by atoms with van der Waals surface area (Å²) < 4.78 is 83.8. The number of hydrogen-bond acceptors (Lipinski definition) is 24. The number of carbonyl (C=O) groups is 4. The Morgan fingerprint density at radius 2 is 1.05 bits per heavy atom. The molecule has 3 aliphatic rings. The van der Waals surface area contributed by atoms with Crippen LogP contribution in [-0.2, 0) is 33.2 Å². The van der Waals surface area contributed by atoms with Gasteiger partial charge in [-0.2, -0.15) is 55.1 Å². The Labute approximate surface area is 549 Å². The van der Waals surface area contributed by atoms with Gasteiger partial charge in [-0.1, -0.05) is 45.5 Å². The molecule has 0 aliphatic carbocycles. The first kappa shape index (κ1) is 75.9. The Balaban J connectivity index is 0.000000276. The van der Waals surface area contributed by atoms with E-state index in [2.05, 4.69) is 72.7 Å². The number of rotatable bonds is 12. The fourth-order valence-electron chi connectivity index (χ4n) is 9.63. The van der Waals surface area contributed by atoms with Gasteiger partial charge in [0.05, 0.1) is 50.0 Å². The van der Waals surface area contributed by atoms with Gasteiger partial charge in [0.25, 0.3) is 0 Å². The molecule has 6 aromatic heterocycles. The van der Waals surface area contributed by atoms with Gasteiger partial charge in [-0.25, -0.2) is 34.1 Å². The minimum atomic E-state index is -1.57. The summed E-state index contributed by atoms with van der Waals surface area (Å²) in [5.74, 6) is 7.39. The number of aliphatic hydroxyl groups excluding tert-OH is 2. The number of nitrogen functional groups attached to an aromatic ring is 1. The average Bonchev–Trinajstić information content (AvgIpc) is 1.66. The molecule has 3 amide bonds. The van der Waals surface area contributed by atoms with Crippen LogP contribution in [0.15, 0.2) is 19.0 Å². The number of ether oxygens (including phenoxy) is 7. The first-order valence-electron chi connectivity index (χ1n) is 28.1. The van der Waals surface area contributed by atoms with Crippen molar-refractivity contribution >= 4 is 86.3 Å². The number of amides is 3. The topological polar surface area (TPSA) is 369 Å². The molecule has 6 aromatic rings. The van der Waals surface area contributed by atoms with Gasteiger partial charge in [-0.3, -0.25) is 19.0 Å². The Morgan fingerprint density at radius 1 is 0.670 bits per heavy atom. The molecule has 34 heteroatoms. The molecule has 488 valence electrons. The molecule has 3 saturated heterocycles. The number of anilines is 3. The molecule has 5 N–H and O–H groups in total. The van der Waals surface area contributed by atoms with E-state index in [4.69, 9.17) is 70.1 Å². The first-order valence-corrected chi connectivity index (χ1v) is 28.5. The predicted molar refractivity (Wildman–Crippen MR) is 316 cm³/mol. The largest absolute Gasteiger partial charge is 1.00 e. The van der Waals surface area contributed by atoms with E-state index in [9.17, 15) is 42.6 Å². The molecule has 3 aliphatic heterocycles. The maximum Gasteiger partial charge on any atom is 1.00 e. The third-order valence-electron chi connectivity index (χ3n) is 14.0. The van der Waals surface area contributed by atoms with Crippen molar-refractivity contribution in [3.05, 3.63) is 37.2 Å². The number of nitrogens with zero attached hydrogens (tertiary/aromatic N) is 13. The molecular formula is C57H72ClF3N15NaO14. The second kappa shape index (κ2) is 32.6. The molecule has 9 rings (SSSR count). The van der Waals surface area contributed by atoms with Crippen LogP contribution in [0.4, 0.5) is 49.8 Å². The van der Waals surface area contributed by atoms with Crippen LogP contribution >= 0.6 is 11.6 Å². The van der Waals surface area contributed by atoms with Gasteiger partial charge in [-0.05, 0) is 81.1 Å². The molecule has 9 atom stereocenters. The van der Waals surface area contributed by atoms with Crippen LogP contribution in [-0.4, -0.2) is 154 Å². The van der Waals surface area contributed by atoms with Crippen molar-refractivity contribution in [3.8, 4) is 37.0 Å². The SMILES string of the molecule is C#C[C@]1(CC)O[C@@H](n2cnc3c(N(C(=O)OC(C)C)C(=O)OC(C)C)nc(F)nc32)C[C@@H]1C.C#C[C@]1(CC)O[C@@H](n2cnc3c(N)nc(F)nc32)C[C@@H]1C.C#C[C@]1(CO)O[C@@H](n2cnc3c(NC(=O)OC(C)C)nc(F)nc32)C[C@@H]1O.CC(C)OC(=O)Cl.C[O-].[Na+]. The van der Waals surface area contributed by atoms with Crippen LogP contribution in [0.2, 0.25) is 0 Å². The summed E-state index contributed by atoms with van der Waals surface area (Å²) in [6.45, 7) is 20.6. The maximum atomic E-state index is 14.5. The van der Waals surface area contributed by atoms with Gasteiger partial charge in [0.15, 0.2) is 56.5 Å². The van der Waals surface area contributed by atoms with Crippen LogP contribution < -0.4 is 50.6 Å². The van der Waals surface area contributed by atoms with Gasteiger partial charge in [-0.15, -0.1) is 19.3 Å². The molecule has 91 heavy (non-hydrogen) atoms. The number of nitrogens with one attached hydrogen (secondary N) is 1. The number of aliphatic hydroxyl groups is 2. The van der Waals surface area contributed by atoms with Crippen LogP contribution in [0, 0.1) is 67.1 Å². The molecule has 0 aromatic carbocycles. The molecule has 3 fully saturated rings. The Hall–Kier alpha value is -7.55. The van der Waals surface area contributed by atoms with Crippen molar-refractivity contribution in [3.63, 3.8) is 0 Å². The van der Waals surface area contributed by atoms with E-state index in [0.717, 1.165) is 7.11 Å². The quantitative estimate of drug-likeness (QED) is 0.0433. The summed E-state index contributed by atoms with van der Waals surface area (Å²) in [5.41, 5.74) is 2.80. The number of aromatic nitrogens is 12. The standard InChI is InChI=1S/C22H28FN5O5.C16H18FN5O5.C14H16FN5O.C4H7ClO2.CH3O.Na/c1-8-22(9-2)14(7)10-15(33-22)27-11-24-16-17(27)25-19(23)26-18(16)28(20(29)31-12(3)4)21(30)32-13(5)6;1-4-16(6-23)9(24)5-10(27-16)22-7-18-11-12(19-14(17)21-13(11)22)20-15(25)26-8(2)3;1-4-14(5-2)8(3)6-9(21-14)20-7-17-10-11(16)18-13(15)19-12(10)20;1-3(2)7-4(5)6;1-2;/h1,11-15H,9-10H2,2-7H3;1,7-10,23-24H,5-6H2,2-3H3,(H,19,20,21,25);1,7-9H,5-6H2,2-3H3,(H2,16,18,19);3H,1-2H3;1H3;/q;;;;-1;+1/t14-,15+,22+;9-,10+,16+;8-,9+,14+;;;/m000.../s1. The van der Waals surface area contributed by atoms with Gasteiger partial charge in [0.1, 0.15) is 36.0 Å². The fourth-order valence-corrected chi connectivity index (χ4v) is 9.81. The molecular weight excluding hydrogens is 1230 g/mol. The Kier molecular flexibility index (Phi) is 27.2. The van der Waals surface area contributed by atoms with E-state index in [1.807, 2.05) is 27.7 Å². The number of carbonyl (C=O) groups excluding carboxylic acids is 4. The number of terminal acetylenes is 3. The summed E-state index contributed by atoms with van der Waals surface area (Å²) in [5, 5.41) is 30.2. The third kappa shape index (κ3) is 17.5. The van der Waals surface area contributed by atoms with E-state index in [-0.39, 0.29) is 100 Å². The monoisotopic (exact) mass is 1310 g/mol. The zero-order valence-corrected chi connectivity index (χ0v) is 55.4. The van der Waals surface area contributed by atoms with E-state index >= 15 is 0 Å². The van der Waals surface area contributed by atoms with Gasteiger partial charge in [0.2, 0.25) is 0 Å². The smallest absolute Gasteiger partial charge is 0.857 e. The number of halogens is 4. The maximum absolute atomic E-state index is 14.5. The van der Waals surface area contributed by atoms with E-state index in [0.29, 0.717) is 41.7 Å². The number of fused-ring (bicyclic) bond motifs is 3. The van der Waals surface area contributed by atoms with Crippen molar-refractivity contribution in [2.45, 2.75) is 181 Å². The van der Waals surface area contributed by atoms with E-state index in [1.54, 1.807) is 60.0 Å². The molecule has 0 spiro atoms. The molecule has 0 unspecified atom stereocenters. The fraction of sp³-hybridized carbons (Fsp3) is 0.561. The van der Waals surface area contributed by atoms with Crippen molar-refractivity contribution in [2.24, 2.45) is 11.8 Å². The molecule has 0 radical (unpaired) electrons. The van der Waals surface area contributed by atoms with Crippen LogP contribution in [0.1, 0.15) is 134 Å². The van der Waals surface area contributed by atoms with Crippen LogP contribution in [0.5, 0.6) is 0 Å². The molecule has 9 heterocycles. The Morgan fingerprint density at radius 3 is 1.44 bits per heavy atom. The summed E-state index contributed by atoms with van der Waals surface area (Å²) in [7, 11) is 0.750.